The molecule has 0 saturated carbocycles. The third-order valence-corrected chi connectivity index (χ3v) is 3.09. The fraction of sp³-hybridized carbons (Fsp3) is 0.111. The van der Waals surface area contributed by atoms with Crippen molar-refractivity contribution in [3.63, 3.8) is 0 Å². The maximum absolute atomic E-state index is 12.1. The topological polar surface area (TPSA) is 46.2 Å². The van der Waals surface area contributed by atoms with Gasteiger partial charge in [0.2, 0.25) is 5.91 Å². The van der Waals surface area contributed by atoms with Crippen molar-refractivity contribution in [3.05, 3.63) is 77.4 Å². The number of hydrogen-bond acceptors (Lipinski definition) is 2. The zero-order chi connectivity index (χ0) is 15.2. The molecule has 2 aromatic carbocycles. The number of anilines is 1. The summed E-state index contributed by atoms with van der Waals surface area (Å²) in [4.78, 5) is 23.9. The van der Waals surface area contributed by atoms with E-state index >= 15 is 0 Å². The highest BCUT2D eigenvalue weighted by molar-refractivity contribution is 6.10. The molecule has 0 saturated heterocycles. The van der Waals surface area contributed by atoms with Crippen molar-refractivity contribution in [2.75, 3.05) is 5.32 Å². The van der Waals surface area contributed by atoms with Gasteiger partial charge in [0, 0.05) is 17.3 Å². The molecule has 0 aromatic heterocycles. The molecule has 0 aliphatic heterocycles. The molecule has 106 valence electrons. The van der Waals surface area contributed by atoms with Crippen LogP contribution < -0.4 is 5.32 Å². The Morgan fingerprint density at radius 1 is 0.952 bits per heavy atom. The lowest BCUT2D eigenvalue weighted by molar-refractivity contribution is -0.111. The highest BCUT2D eigenvalue weighted by Gasteiger charge is 2.06. The SMILES string of the molecule is Cc1ccc(C)c(C(=O)/C=C/C(=O)Nc2ccccc2)c1. The summed E-state index contributed by atoms with van der Waals surface area (Å²) >= 11 is 0. The number of ketones is 1. The molecule has 0 unspecified atom stereocenters. The second kappa shape index (κ2) is 6.66. The van der Waals surface area contributed by atoms with Crippen LogP contribution in [0.5, 0.6) is 0 Å². The van der Waals surface area contributed by atoms with Crippen LogP contribution >= 0.6 is 0 Å². The standard InChI is InChI=1S/C18H17NO2/c1-13-8-9-14(2)16(12-13)17(20)10-11-18(21)19-15-6-4-3-5-7-15/h3-12H,1-2H3,(H,19,21)/b11-10+. The smallest absolute Gasteiger partial charge is 0.248 e. The predicted octanol–water partition coefficient (Wildman–Crippen LogP) is 3.68. The number of hydrogen-bond donors (Lipinski definition) is 1. The summed E-state index contributed by atoms with van der Waals surface area (Å²) in [5.41, 5.74) is 3.25. The van der Waals surface area contributed by atoms with E-state index in [1.807, 2.05) is 50.2 Å². The number of carbonyl (C=O) groups is 2. The Morgan fingerprint density at radius 2 is 1.67 bits per heavy atom. The minimum absolute atomic E-state index is 0.167. The van der Waals surface area contributed by atoms with E-state index < -0.39 is 0 Å². The zero-order valence-electron chi connectivity index (χ0n) is 12.1. The van der Waals surface area contributed by atoms with Crippen LogP contribution in [0.1, 0.15) is 21.5 Å². The number of allylic oxidation sites excluding steroid dienone is 1. The Kier molecular flexibility index (Phi) is 4.67. The number of aryl methyl sites for hydroxylation is 2. The van der Waals surface area contributed by atoms with Gasteiger partial charge in [-0.05, 0) is 43.7 Å². The van der Waals surface area contributed by atoms with Gasteiger partial charge in [0.1, 0.15) is 0 Å². The molecule has 0 aliphatic rings. The van der Waals surface area contributed by atoms with E-state index in [0.29, 0.717) is 11.3 Å². The second-order valence-corrected chi connectivity index (χ2v) is 4.87. The lowest BCUT2D eigenvalue weighted by atomic mass is 10.0. The fourth-order valence-electron chi connectivity index (χ4n) is 1.95. The van der Waals surface area contributed by atoms with Crippen molar-refractivity contribution in [2.45, 2.75) is 13.8 Å². The normalized spacial score (nSPS) is 10.6. The van der Waals surface area contributed by atoms with E-state index in [1.54, 1.807) is 12.1 Å². The van der Waals surface area contributed by atoms with Gasteiger partial charge in [-0.2, -0.15) is 0 Å². The quantitative estimate of drug-likeness (QED) is 0.685. The molecule has 0 heterocycles. The number of rotatable bonds is 4. The maximum Gasteiger partial charge on any atom is 0.248 e. The van der Waals surface area contributed by atoms with Crippen molar-refractivity contribution in [1.29, 1.82) is 0 Å². The van der Waals surface area contributed by atoms with E-state index in [9.17, 15) is 9.59 Å². The maximum atomic E-state index is 12.1. The fourth-order valence-corrected chi connectivity index (χ4v) is 1.95. The molecule has 21 heavy (non-hydrogen) atoms. The number of amides is 1. The molecule has 3 heteroatoms. The van der Waals surface area contributed by atoms with Gasteiger partial charge in [-0.1, -0.05) is 35.9 Å². The molecule has 0 radical (unpaired) electrons. The minimum Gasteiger partial charge on any atom is -0.323 e. The molecule has 1 amide bonds. The monoisotopic (exact) mass is 279 g/mol. The van der Waals surface area contributed by atoms with E-state index in [0.717, 1.165) is 11.1 Å². The highest BCUT2D eigenvalue weighted by atomic mass is 16.1. The molecule has 2 aromatic rings. The first-order chi connectivity index (χ1) is 10.1. The van der Waals surface area contributed by atoms with Crippen LogP contribution in [0.2, 0.25) is 0 Å². The van der Waals surface area contributed by atoms with Crippen LogP contribution in [-0.4, -0.2) is 11.7 Å². The van der Waals surface area contributed by atoms with Gasteiger partial charge in [-0.3, -0.25) is 9.59 Å². The van der Waals surface area contributed by atoms with Gasteiger partial charge in [-0.15, -0.1) is 0 Å². The average molecular weight is 279 g/mol. The van der Waals surface area contributed by atoms with Gasteiger partial charge in [0.05, 0.1) is 0 Å². The van der Waals surface area contributed by atoms with Crippen molar-refractivity contribution in [3.8, 4) is 0 Å². The summed E-state index contributed by atoms with van der Waals surface area (Å²) in [6, 6.07) is 14.8. The van der Waals surface area contributed by atoms with Gasteiger partial charge < -0.3 is 5.32 Å². The van der Waals surface area contributed by atoms with Crippen molar-refractivity contribution >= 4 is 17.4 Å². The summed E-state index contributed by atoms with van der Waals surface area (Å²) < 4.78 is 0. The van der Waals surface area contributed by atoms with E-state index in [1.165, 1.54) is 12.2 Å². The van der Waals surface area contributed by atoms with E-state index in [4.69, 9.17) is 0 Å². The largest absolute Gasteiger partial charge is 0.323 e. The zero-order valence-corrected chi connectivity index (χ0v) is 12.1. The molecular weight excluding hydrogens is 262 g/mol. The van der Waals surface area contributed by atoms with Crippen LogP contribution in [0.3, 0.4) is 0 Å². The summed E-state index contributed by atoms with van der Waals surface area (Å²) in [6.45, 7) is 3.81. The molecule has 0 spiro atoms. The lowest BCUT2D eigenvalue weighted by Gasteiger charge is -2.03. The number of carbonyl (C=O) groups excluding carboxylic acids is 2. The molecule has 3 nitrogen and oxygen atoms in total. The van der Waals surface area contributed by atoms with Gasteiger partial charge >= 0.3 is 0 Å². The van der Waals surface area contributed by atoms with Crippen molar-refractivity contribution < 1.29 is 9.59 Å². The van der Waals surface area contributed by atoms with Gasteiger partial charge in [0.25, 0.3) is 0 Å². The van der Waals surface area contributed by atoms with E-state index in [2.05, 4.69) is 5.32 Å². The molecule has 0 bridgehead atoms. The third kappa shape index (κ3) is 4.14. The predicted molar refractivity (Wildman–Crippen MR) is 84.5 cm³/mol. The first kappa shape index (κ1) is 14.7. The van der Waals surface area contributed by atoms with Gasteiger partial charge in [0.15, 0.2) is 5.78 Å². The number of nitrogens with one attached hydrogen (secondary N) is 1. The van der Waals surface area contributed by atoms with Crippen LogP contribution in [0.4, 0.5) is 5.69 Å². The number of benzene rings is 2. The lowest BCUT2D eigenvalue weighted by Crippen LogP contribution is -2.09. The summed E-state index contributed by atoms with van der Waals surface area (Å²) in [6.07, 6.45) is 2.57. The minimum atomic E-state index is -0.320. The molecule has 1 N–H and O–H groups in total. The molecule has 2 rings (SSSR count). The number of para-hydroxylation sites is 1. The second-order valence-electron chi connectivity index (χ2n) is 4.87. The Hall–Kier alpha value is -2.68. The van der Waals surface area contributed by atoms with Crippen LogP contribution in [0.15, 0.2) is 60.7 Å². The van der Waals surface area contributed by atoms with Crippen molar-refractivity contribution in [2.24, 2.45) is 0 Å². The highest BCUT2D eigenvalue weighted by Crippen LogP contribution is 2.12. The van der Waals surface area contributed by atoms with E-state index in [-0.39, 0.29) is 11.7 Å². The Bertz CT molecular complexity index is 688. The first-order valence-corrected chi connectivity index (χ1v) is 6.72. The summed E-state index contributed by atoms with van der Waals surface area (Å²) in [7, 11) is 0. The summed E-state index contributed by atoms with van der Waals surface area (Å²) in [5, 5.41) is 2.70. The summed E-state index contributed by atoms with van der Waals surface area (Å²) in [5.74, 6) is -0.487. The van der Waals surface area contributed by atoms with Crippen LogP contribution in [0.25, 0.3) is 0 Å². The Morgan fingerprint density at radius 3 is 2.38 bits per heavy atom. The molecule has 0 fully saturated rings. The van der Waals surface area contributed by atoms with Gasteiger partial charge in [-0.25, -0.2) is 0 Å². The molecule has 0 aliphatic carbocycles. The van der Waals surface area contributed by atoms with Crippen LogP contribution in [0, 0.1) is 13.8 Å². The average Bonchev–Trinajstić information content (AvgIpc) is 2.48. The molecular formula is C18H17NO2. The Balaban J connectivity index is 2.05. The van der Waals surface area contributed by atoms with Crippen LogP contribution in [-0.2, 0) is 4.79 Å². The molecule has 0 atom stereocenters. The van der Waals surface area contributed by atoms with Crippen molar-refractivity contribution in [1.82, 2.24) is 0 Å². The first-order valence-electron chi connectivity index (χ1n) is 6.72. The third-order valence-electron chi connectivity index (χ3n) is 3.09. The Labute approximate surface area is 124 Å².